The summed E-state index contributed by atoms with van der Waals surface area (Å²) in [5.74, 6) is 0.0204. The van der Waals surface area contributed by atoms with Gasteiger partial charge in [-0.15, -0.1) is 11.3 Å². The Bertz CT molecular complexity index is 1030. The first-order valence-electron chi connectivity index (χ1n) is 9.50. The van der Waals surface area contributed by atoms with E-state index in [2.05, 4.69) is 25.6 Å². The van der Waals surface area contributed by atoms with Crippen molar-refractivity contribution in [3.05, 3.63) is 46.5 Å². The molecular weight excluding hydrogens is 393 g/mol. The number of nitrogens with one attached hydrogen (secondary N) is 2. The highest BCUT2D eigenvalue weighted by molar-refractivity contribution is 7.19. The van der Waals surface area contributed by atoms with Crippen LogP contribution in [0.5, 0.6) is 0 Å². The highest BCUT2D eigenvalue weighted by Crippen LogP contribution is 2.28. The van der Waals surface area contributed by atoms with Gasteiger partial charge in [0.2, 0.25) is 5.95 Å². The van der Waals surface area contributed by atoms with Crippen molar-refractivity contribution >= 4 is 33.4 Å². The Morgan fingerprint density at radius 3 is 3.00 bits per heavy atom. The third kappa shape index (κ3) is 4.51. The van der Waals surface area contributed by atoms with Gasteiger partial charge in [-0.05, 0) is 38.0 Å². The van der Waals surface area contributed by atoms with Crippen LogP contribution in [-0.4, -0.2) is 40.6 Å². The minimum atomic E-state index is -0.406. The molecule has 0 radical (unpaired) electrons. The van der Waals surface area contributed by atoms with E-state index in [0.29, 0.717) is 41.8 Å². The molecule has 3 aromatic heterocycles. The number of anilines is 1. The summed E-state index contributed by atoms with van der Waals surface area (Å²) >= 11 is 1.49. The summed E-state index contributed by atoms with van der Waals surface area (Å²) in [6.45, 7) is 5.80. The van der Waals surface area contributed by atoms with Gasteiger partial charge in [-0.3, -0.25) is 9.78 Å². The highest BCUT2D eigenvalue weighted by atomic mass is 32.1. The molecule has 9 heteroatoms. The van der Waals surface area contributed by atoms with Gasteiger partial charge in [-0.25, -0.2) is 14.4 Å². The maximum atomic E-state index is 13.5. The second-order valence-corrected chi connectivity index (χ2v) is 8.47. The monoisotopic (exact) mass is 415 g/mol. The second kappa shape index (κ2) is 8.38. The van der Waals surface area contributed by atoms with E-state index in [-0.39, 0.29) is 11.9 Å². The summed E-state index contributed by atoms with van der Waals surface area (Å²) in [5.41, 5.74) is 1.73. The van der Waals surface area contributed by atoms with Crippen molar-refractivity contribution in [2.24, 2.45) is 5.92 Å². The topological polar surface area (TPSA) is 89.0 Å². The molecule has 1 amide bonds. The summed E-state index contributed by atoms with van der Waals surface area (Å²) in [5, 5.41) is 6.13. The number of aromatic nitrogens is 3. The Kier molecular flexibility index (Phi) is 5.68. The minimum Gasteiger partial charge on any atom is -0.381 e. The molecule has 0 saturated carbocycles. The van der Waals surface area contributed by atoms with Gasteiger partial charge in [0, 0.05) is 30.1 Å². The van der Waals surface area contributed by atoms with Crippen molar-refractivity contribution in [2.75, 3.05) is 25.1 Å². The number of pyridine rings is 1. The fraction of sp³-hybridized carbons (Fsp3) is 0.400. The number of hydrogen-bond donors (Lipinski definition) is 2. The number of carbonyl (C=O) groups is 1. The summed E-state index contributed by atoms with van der Waals surface area (Å²) in [4.78, 5) is 26.8. The van der Waals surface area contributed by atoms with Gasteiger partial charge < -0.3 is 15.4 Å². The van der Waals surface area contributed by atoms with Crippen LogP contribution in [0.1, 0.15) is 40.3 Å². The average molecular weight is 415 g/mol. The lowest BCUT2D eigenvalue weighted by Gasteiger charge is -2.15. The predicted octanol–water partition coefficient (Wildman–Crippen LogP) is 3.47. The molecule has 1 unspecified atom stereocenters. The first-order valence-corrected chi connectivity index (χ1v) is 10.3. The normalized spacial score (nSPS) is 17.4. The Labute approximate surface area is 171 Å². The van der Waals surface area contributed by atoms with Gasteiger partial charge in [0.1, 0.15) is 5.82 Å². The standard InChI is InChI=1S/C20H22FN5O2S/c1-11-5-16-18(29-11)17(19(27)23-7-13-3-4-28-10-13)26-20(25-16)24-12(2)14-6-15(21)9-22-8-14/h5-6,8-9,12-13H,3-4,7,10H2,1-2H3,(H,23,27)(H,24,25,26)/t12-,13?/m0/s1. The van der Waals surface area contributed by atoms with E-state index in [0.717, 1.165) is 28.8 Å². The van der Waals surface area contributed by atoms with Crippen molar-refractivity contribution in [1.29, 1.82) is 0 Å². The van der Waals surface area contributed by atoms with Crippen molar-refractivity contribution in [3.8, 4) is 0 Å². The number of carbonyl (C=O) groups excluding carboxylic acids is 1. The molecule has 0 aliphatic carbocycles. The number of rotatable bonds is 6. The zero-order chi connectivity index (χ0) is 20.4. The number of amides is 1. The Morgan fingerprint density at radius 2 is 2.24 bits per heavy atom. The van der Waals surface area contributed by atoms with Crippen molar-refractivity contribution in [1.82, 2.24) is 20.3 Å². The van der Waals surface area contributed by atoms with Crippen molar-refractivity contribution in [2.45, 2.75) is 26.3 Å². The Morgan fingerprint density at radius 1 is 1.38 bits per heavy atom. The van der Waals surface area contributed by atoms with E-state index in [1.165, 1.54) is 17.4 Å². The molecule has 2 atom stereocenters. The van der Waals surface area contributed by atoms with Gasteiger partial charge in [0.15, 0.2) is 5.69 Å². The lowest BCUT2D eigenvalue weighted by atomic mass is 10.1. The van der Waals surface area contributed by atoms with Gasteiger partial charge in [0.25, 0.3) is 5.91 Å². The molecule has 0 spiro atoms. The maximum absolute atomic E-state index is 13.5. The van der Waals surface area contributed by atoms with Crippen LogP contribution in [-0.2, 0) is 4.74 Å². The first kappa shape index (κ1) is 19.7. The minimum absolute atomic E-state index is 0.228. The van der Waals surface area contributed by atoms with E-state index >= 15 is 0 Å². The fourth-order valence-corrected chi connectivity index (χ4v) is 4.21. The van der Waals surface area contributed by atoms with Crippen LogP contribution in [0.4, 0.5) is 10.3 Å². The van der Waals surface area contributed by atoms with Gasteiger partial charge >= 0.3 is 0 Å². The molecule has 0 aromatic carbocycles. The molecule has 2 N–H and O–H groups in total. The average Bonchev–Trinajstić information content (AvgIpc) is 3.34. The van der Waals surface area contributed by atoms with E-state index in [1.807, 2.05) is 19.9 Å². The molecule has 152 valence electrons. The Hall–Kier alpha value is -2.65. The maximum Gasteiger partial charge on any atom is 0.271 e. The number of fused-ring (bicyclic) bond motifs is 1. The molecule has 1 aliphatic rings. The van der Waals surface area contributed by atoms with E-state index in [1.54, 1.807) is 6.20 Å². The molecule has 4 heterocycles. The zero-order valence-corrected chi connectivity index (χ0v) is 17.1. The van der Waals surface area contributed by atoms with Crippen LogP contribution in [0.2, 0.25) is 0 Å². The number of thiophene rings is 1. The lowest BCUT2D eigenvalue weighted by molar-refractivity contribution is 0.0942. The lowest BCUT2D eigenvalue weighted by Crippen LogP contribution is -2.30. The number of halogens is 1. The smallest absolute Gasteiger partial charge is 0.271 e. The SMILES string of the molecule is Cc1cc2nc(N[C@@H](C)c3cncc(F)c3)nc(C(=O)NCC3CCOC3)c2s1. The largest absolute Gasteiger partial charge is 0.381 e. The molecule has 0 bridgehead atoms. The van der Waals surface area contributed by atoms with E-state index in [4.69, 9.17) is 4.74 Å². The van der Waals surface area contributed by atoms with Gasteiger partial charge in [-0.2, -0.15) is 0 Å². The fourth-order valence-electron chi connectivity index (χ4n) is 3.27. The number of ether oxygens (including phenoxy) is 1. The number of aryl methyl sites for hydroxylation is 1. The van der Waals surface area contributed by atoms with Gasteiger partial charge in [-0.1, -0.05) is 0 Å². The summed E-state index contributed by atoms with van der Waals surface area (Å²) in [6, 6.07) is 3.07. The van der Waals surface area contributed by atoms with Crippen molar-refractivity contribution < 1.29 is 13.9 Å². The molecular formula is C20H22FN5O2S. The number of hydrogen-bond acceptors (Lipinski definition) is 7. The van der Waals surface area contributed by atoms with E-state index < -0.39 is 5.82 Å². The molecule has 4 rings (SSSR count). The van der Waals surface area contributed by atoms with Crippen LogP contribution < -0.4 is 10.6 Å². The molecule has 1 fully saturated rings. The molecule has 3 aromatic rings. The van der Waals surface area contributed by atoms with Crippen molar-refractivity contribution in [3.63, 3.8) is 0 Å². The van der Waals surface area contributed by atoms with Gasteiger partial charge in [0.05, 0.1) is 29.1 Å². The van der Waals surface area contributed by atoms with Crippen LogP contribution in [0.25, 0.3) is 10.2 Å². The Balaban J connectivity index is 1.58. The molecule has 1 aliphatic heterocycles. The van der Waals surface area contributed by atoms with E-state index in [9.17, 15) is 9.18 Å². The summed E-state index contributed by atoms with van der Waals surface area (Å²) in [6.07, 6.45) is 3.69. The van der Waals surface area contributed by atoms with Crippen LogP contribution in [0.3, 0.4) is 0 Å². The summed E-state index contributed by atoms with van der Waals surface area (Å²) in [7, 11) is 0. The zero-order valence-electron chi connectivity index (χ0n) is 16.2. The molecule has 7 nitrogen and oxygen atoms in total. The molecule has 29 heavy (non-hydrogen) atoms. The number of nitrogens with zero attached hydrogens (tertiary/aromatic N) is 3. The van der Waals surface area contributed by atoms with Crippen LogP contribution in [0, 0.1) is 18.7 Å². The van der Waals surface area contributed by atoms with Crippen LogP contribution >= 0.6 is 11.3 Å². The third-order valence-corrected chi connectivity index (χ3v) is 5.90. The highest BCUT2D eigenvalue weighted by Gasteiger charge is 2.21. The third-order valence-electron chi connectivity index (χ3n) is 4.86. The quantitative estimate of drug-likeness (QED) is 0.641. The predicted molar refractivity (Wildman–Crippen MR) is 110 cm³/mol. The molecule has 1 saturated heterocycles. The second-order valence-electron chi connectivity index (χ2n) is 7.21. The first-order chi connectivity index (χ1) is 14.0. The summed E-state index contributed by atoms with van der Waals surface area (Å²) < 4.78 is 19.6. The van der Waals surface area contributed by atoms with Crippen LogP contribution in [0.15, 0.2) is 24.5 Å².